The highest BCUT2D eigenvalue weighted by molar-refractivity contribution is 5.97. The molecule has 1 aliphatic heterocycles. The van der Waals surface area contributed by atoms with Crippen molar-refractivity contribution in [1.29, 1.82) is 0 Å². The third-order valence-corrected chi connectivity index (χ3v) is 2.50. The van der Waals surface area contributed by atoms with Crippen LogP contribution in [-0.4, -0.2) is 34.7 Å². The summed E-state index contributed by atoms with van der Waals surface area (Å²) in [4.78, 5) is 17.3. The lowest BCUT2D eigenvalue weighted by atomic mass is 10.2. The lowest BCUT2D eigenvalue weighted by Gasteiger charge is -2.29. The predicted octanol–water partition coefficient (Wildman–Crippen LogP) is 1.22. The van der Waals surface area contributed by atoms with E-state index in [2.05, 4.69) is 15.5 Å². The lowest BCUT2D eigenvalue weighted by molar-refractivity contribution is 0.168. The summed E-state index contributed by atoms with van der Waals surface area (Å²) in [6, 6.07) is 5.45. The Morgan fingerprint density at radius 3 is 2.88 bits per heavy atom. The maximum absolute atomic E-state index is 11.4. The molecule has 0 bridgehead atoms. The number of likely N-dealkylation sites (tertiary alicyclic amines) is 1. The van der Waals surface area contributed by atoms with Crippen molar-refractivity contribution in [2.75, 3.05) is 13.1 Å². The molecule has 84 valence electrons. The number of hydrazone groups is 1. The van der Waals surface area contributed by atoms with Crippen LogP contribution in [0.3, 0.4) is 0 Å². The van der Waals surface area contributed by atoms with Crippen molar-refractivity contribution in [3.63, 3.8) is 0 Å². The molecule has 0 saturated carbocycles. The zero-order chi connectivity index (χ0) is 11.4. The molecule has 1 saturated heterocycles. The molecule has 5 heteroatoms. The zero-order valence-electron chi connectivity index (χ0n) is 9.18. The minimum absolute atomic E-state index is 0.137. The Bertz CT molecular complexity index is 398. The second-order valence-corrected chi connectivity index (χ2v) is 3.67. The van der Waals surface area contributed by atoms with Crippen molar-refractivity contribution in [3.8, 4) is 0 Å². The number of carbonyl (C=O) groups excluding carboxylic acids is 1. The molecule has 1 fully saturated rings. The Kier molecular flexibility index (Phi) is 3.14. The number of hydrogen-bond donors (Lipinski definition) is 1. The fraction of sp³-hybridized carbons (Fsp3) is 0.364. The van der Waals surface area contributed by atoms with Crippen LogP contribution in [0, 0.1) is 0 Å². The van der Waals surface area contributed by atoms with E-state index in [0.717, 1.165) is 25.2 Å². The first-order valence-corrected chi connectivity index (χ1v) is 5.28. The molecule has 2 amide bonds. The number of rotatable bonds is 2. The highest BCUT2D eigenvalue weighted by Crippen LogP contribution is 2.05. The first-order chi connectivity index (χ1) is 7.77. The molecule has 5 nitrogen and oxygen atoms in total. The van der Waals surface area contributed by atoms with Gasteiger partial charge in [0.2, 0.25) is 0 Å². The van der Waals surface area contributed by atoms with Gasteiger partial charge in [0.1, 0.15) is 0 Å². The summed E-state index contributed by atoms with van der Waals surface area (Å²) in [6.07, 6.45) is 2.78. The summed E-state index contributed by atoms with van der Waals surface area (Å²) in [5, 5.41) is 4.01. The average molecular weight is 218 g/mol. The van der Waals surface area contributed by atoms with Crippen LogP contribution in [-0.2, 0) is 0 Å². The lowest BCUT2D eigenvalue weighted by Crippen LogP contribution is -2.46. The SMILES string of the molecule is C/C(=N\NC(=O)N1CCC1)c1ccccn1. The first kappa shape index (κ1) is 10.6. The molecule has 0 atom stereocenters. The summed E-state index contributed by atoms with van der Waals surface area (Å²) < 4.78 is 0. The van der Waals surface area contributed by atoms with Crippen LogP contribution in [0.15, 0.2) is 29.5 Å². The Hall–Kier alpha value is -1.91. The van der Waals surface area contributed by atoms with Crippen LogP contribution in [0.2, 0.25) is 0 Å². The van der Waals surface area contributed by atoms with Crippen LogP contribution in [0.1, 0.15) is 19.0 Å². The zero-order valence-corrected chi connectivity index (χ0v) is 9.18. The molecular formula is C11H14N4O. The van der Waals surface area contributed by atoms with Gasteiger partial charge in [-0.05, 0) is 25.5 Å². The van der Waals surface area contributed by atoms with Gasteiger partial charge in [-0.15, -0.1) is 0 Å². The van der Waals surface area contributed by atoms with Crippen LogP contribution in [0.5, 0.6) is 0 Å². The summed E-state index contributed by atoms with van der Waals surface area (Å²) in [5.74, 6) is 0. The van der Waals surface area contributed by atoms with Gasteiger partial charge in [-0.25, -0.2) is 10.2 Å². The van der Waals surface area contributed by atoms with Gasteiger partial charge in [0.05, 0.1) is 11.4 Å². The number of amides is 2. The normalized spacial score (nSPS) is 15.6. The number of aromatic nitrogens is 1. The van der Waals surface area contributed by atoms with E-state index in [4.69, 9.17) is 0 Å². The largest absolute Gasteiger partial charge is 0.337 e. The molecule has 1 aromatic heterocycles. The van der Waals surface area contributed by atoms with E-state index >= 15 is 0 Å². The van der Waals surface area contributed by atoms with Crippen molar-refractivity contribution in [1.82, 2.24) is 15.3 Å². The van der Waals surface area contributed by atoms with Gasteiger partial charge in [0.25, 0.3) is 0 Å². The molecule has 0 spiro atoms. The second-order valence-electron chi connectivity index (χ2n) is 3.67. The molecule has 0 unspecified atom stereocenters. The summed E-state index contributed by atoms with van der Waals surface area (Å²) in [6.45, 7) is 3.46. The fourth-order valence-electron chi connectivity index (χ4n) is 1.36. The van der Waals surface area contributed by atoms with Crippen molar-refractivity contribution >= 4 is 11.7 Å². The number of pyridine rings is 1. The van der Waals surface area contributed by atoms with Gasteiger partial charge in [0, 0.05) is 19.3 Å². The molecule has 2 heterocycles. The highest BCUT2D eigenvalue weighted by Gasteiger charge is 2.19. The topological polar surface area (TPSA) is 57.6 Å². The van der Waals surface area contributed by atoms with E-state index in [9.17, 15) is 4.79 Å². The van der Waals surface area contributed by atoms with Crippen LogP contribution < -0.4 is 5.43 Å². The van der Waals surface area contributed by atoms with Crippen LogP contribution >= 0.6 is 0 Å². The standard InChI is InChI=1S/C11H14N4O/c1-9(10-5-2-3-6-12-10)13-14-11(16)15-7-4-8-15/h2-3,5-6H,4,7-8H2,1H3,(H,14,16)/b13-9+. The monoisotopic (exact) mass is 218 g/mol. The highest BCUT2D eigenvalue weighted by atomic mass is 16.2. The Labute approximate surface area is 94.2 Å². The summed E-state index contributed by atoms with van der Waals surface area (Å²) in [7, 11) is 0. The van der Waals surface area contributed by atoms with Crippen LogP contribution in [0.25, 0.3) is 0 Å². The second kappa shape index (κ2) is 4.74. The summed E-state index contributed by atoms with van der Waals surface area (Å²) >= 11 is 0. The van der Waals surface area contributed by atoms with Crippen molar-refractivity contribution in [2.24, 2.45) is 5.10 Å². The van der Waals surface area contributed by atoms with Crippen LogP contribution in [0.4, 0.5) is 4.79 Å². The van der Waals surface area contributed by atoms with Gasteiger partial charge in [-0.1, -0.05) is 6.07 Å². The number of urea groups is 1. The van der Waals surface area contributed by atoms with Gasteiger partial charge in [-0.2, -0.15) is 5.10 Å². The van der Waals surface area contributed by atoms with Crippen molar-refractivity contribution < 1.29 is 4.79 Å². The van der Waals surface area contributed by atoms with Crippen molar-refractivity contribution in [2.45, 2.75) is 13.3 Å². The first-order valence-electron chi connectivity index (χ1n) is 5.28. The quantitative estimate of drug-likeness (QED) is 0.599. The smallest absolute Gasteiger partial charge is 0.323 e. The number of nitrogens with one attached hydrogen (secondary N) is 1. The van der Waals surface area contributed by atoms with Crippen molar-refractivity contribution in [3.05, 3.63) is 30.1 Å². The Balaban J connectivity index is 1.94. The maximum atomic E-state index is 11.4. The Morgan fingerprint density at radius 1 is 1.50 bits per heavy atom. The Morgan fingerprint density at radius 2 is 2.31 bits per heavy atom. The number of nitrogens with zero attached hydrogens (tertiary/aromatic N) is 3. The molecule has 1 aromatic rings. The van der Waals surface area contributed by atoms with E-state index in [-0.39, 0.29) is 6.03 Å². The molecule has 2 rings (SSSR count). The van der Waals surface area contributed by atoms with Gasteiger partial charge < -0.3 is 4.90 Å². The molecule has 0 radical (unpaired) electrons. The summed E-state index contributed by atoms with van der Waals surface area (Å²) in [5.41, 5.74) is 3.99. The fourth-order valence-corrected chi connectivity index (χ4v) is 1.36. The molecule has 1 N–H and O–H groups in total. The van der Waals surface area contributed by atoms with E-state index in [1.54, 1.807) is 11.1 Å². The number of hydrogen-bond acceptors (Lipinski definition) is 3. The third kappa shape index (κ3) is 2.36. The van der Waals surface area contributed by atoms with Gasteiger partial charge in [-0.3, -0.25) is 4.98 Å². The predicted molar refractivity (Wildman–Crippen MR) is 61.2 cm³/mol. The molecule has 1 aliphatic rings. The third-order valence-electron chi connectivity index (χ3n) is 2.50. The minimum Gasteiger partial charge on any atom is -0.323 e. The molecule has 16 heavy (non-hydrogen) atoms. The van der Waals surface area contributed by atoms with E-state index in [1.165, 1.54) is 0 Å². The van der Waals surface area contributed by atoms with E-state index in [1.807, 2.05) is 25.1 Å². The maximum Gasteiger partial charge on any atom is 0.337 e. The van der Waals surface area contributed by atoms with E-state index < -0.39 is 0 Å². The molecule has 0 aliphatic carbocycles. The van der Waals surface area contributed by atoms with Gasteiger partial charge in [0.15, 0.2) is 0 Å². The van der Waals surface area contributed by atoms with Gasteiger partial charge >= 0.3 is 6.03 Å². The molecular weight excluding hydrogens is 204 g/mol. The number of carbonyl (C=O) groups is 1. The molecule has 0 aromatic carbocycles. The van der Waals surface area contributed by atoms with E-state index in [0.29, 0.717) is 5.71 Å². The average Bonchev–Trinajstić information content (AvgIpc) is 2.25. The minimum atomic E-state index is -0.137.